The highest BCUT2D eigenvalue weighted by Crippen LogP contribution is 2.29. The average molecular weight is 245 g/mol. The molecule has 90 valence electrons. The first-order valence-corrected chi connectivity index (χ1v) is 5.41. The van der Waals surface area contributed by atoms with Crippen molar-refractivity contribution in [1.82, 2.24) is 4.90 Å². The lowest BCUT2D eigenvalue weighted by Crippen LogP contribution is -2.24. The van der Waals surface area contributed by atoms with Crippen molar-refractivity contribution in [2.24, 2.45) is 0 Å². The van der Waals surface area contributed by atoms with Crippen molar-refractivity contribution in [2.75, 3.05) is 25.9 Å². The van der Waals surface area contributed by atoms with Gasteiger partial charge in [-0.25, -0.2) is 0 Å². The molecule has 0 amide bonds. The molecule has 0 aromatic heterocycles. The van der Waals surface area contributed by atoms with Crippen molar-refractivity contribution in [2.45, 2.75) is 18.3 Å². The third kappa shape index (κ3) is 11.5. The molecular formula is C8H14F3NO2S. The lowest BCUT2D eigenvalue weighted by Gasteiger charge is -2.15. The molecule has 0 aliphatic carbocycles. The summed E-state index contributed by atoms with van der Waals surface area (Å²) in [5.74, 6) is -0.902. The minimum atomic E-state index is -4.18. The highest BCUT2D eigenvalue weighted by Gasteiger charge is 2.27. The van der Waals surface area contributed by atoms with Crippen molar-refractivity contribution < 1.29 is 23.1 Å². The molecule has 0 heterocycles. The molecule has 0 saturated heterocycles. The number of carbonyl (C=O) groups is 1. The van der Waals surface area contributed by atoms with Crippen LogP contribution in [0, 0.1) is 0 Å². The van der Waals surface area contributed by atoms with Gasteiger partial charge in [0.2, 0.25) is 0 Å². The molecule has 1 N–H and O–H groups in total. The molecule has 7 heteroatoms. The number of halogens is 3. The number of hydrogen-bond acceptors (Lipinski definition) is 3. The van der Waals surface area contributed by atoms with Crippen LogP contribution in [-0.2, 0) is 4.79 Å². The Balaban J connectivity index is 3.41. The van der Waals surface area contributed by atoms with Gasteiger partial charge in [-0.2, -0.15) is 13.2 Å². The van der Waals surface area contributed by atoms with E-state index in [2.05, 4.69) is 0 Å². The van der Waals surface area contributed by atoms with E-state index in [1.165, 1.54) is 0 Å². The van der Waals surface area contributed by atoms with E-state index in [0.717, 1.165) is 0 Å². The molecule has 0 saturated carbocycles. The quantitative estimate of drug-likeness (QED) is 0.745. The molecule has 0 aromatic carbocycles. The minimum absolute atomic E-state index is 0.0208. The topological polar surface area (TPSA) is 40.5 Å². The molecule has 0 atom stereocenters. The van der Waals surface area contributed by atoms with E-state index in [4.69, 9.17) is 5.11 Å². The number of thioether (sulfide) groups is 1. The molecular weight excluding hydrogens is 231 g/mol. The standard InChI is InChI=1S/C8H14F3NO2S/c1-12(4-2-3-7(13)14)5-6-15-8(9,10)11/h2-6H2,1H3,(H,13,14). The van der Waals surface area contributed by atoms with Crippen molar-refractivity contribution in [3.8, 4) is 0 Å². The maximum absolute atomic E-state index is 11.7. The van der Waals surface area contributed by atoms with E-state index in [1.54, 1.807) is 11.9 Å². The summed E-state index contributed by atoms with van der Waals surface area (Å²) in [6.07, 6.45) is 0.513. The van der Waals surface area contributed by atoms with Crippen LogP contribution in [0.25, 0.3) is 0 Å². The van der Waals surface area contributed by atoms with Crippen LogP contribution < -0.4 is 0 Å². The van der Waals surface area contributed by atoms with Crippen molar-refractivity contribution in [1.29, 1.82) is 0 Å². The fourth-order valence-electron chi connectivity index (χ4n) is 0.929. The van der Waals surface area contributed by atoms with Crippen LogP contribution >= 0.6 is 11.8 Å². The average Bonchev–Trinajstić information content (AvgIpc) is 2.00. The van der Waals surface area contributed by atoms with Crippen molar-refractivity contribution in [3.63, 3.8) is 0 Å². The second kappa shape index (κ2) is 6.95. The molecule has 0 spiro atoms. The second-order valence-corrected chi connectivity index (χ2v) is 4.25. The van der Waals surface area contributed by atoms with Crippen LogP contribution in [0.1, 0.15) is 12.8 Å². The summed E-state index contributed by atoms with van der Waals surface area (Å²) in [5.41, 5.74) is -4.18. The normalized spacial score (nSPS) is 12.1. The van der Waals surface area contributed by atoms with Gasteiger partial charge in [0, 0.05) is 18.7 Å². The number of alkyl halides is 3. The second-order valence-electron chi connectivity index (χ2n) is 3.09. The van der Waals surface area contributed by atoms with Crippen LogP contribution in [-0.4, -0.2) is 47.4 Å². The van der Waals surface area contributed by atoms with Gasteiger partial charge in [-0.15, -0.1) is 0 Å². The largest absolute Gasteiger partial charge is 0.481 e. The van der Waals surface area contributed by atoms with Gasteiger partial charge in [-0.3, -0.25) is 4.79 Å². The zero-order valence-corrected chi connectivity index (χ0v) is 9.20. The monoisotopic (exact) mass is 245 g/mol. The summed E-state index contributed by atoms with van der Waals surface area (Å²) < 4.78 is 35.2. The van der Waals surface area contributed by atoms with Crippen LogP contribution in [0.3, 0.4) is 0 Å². The molecule has 3 nitrogen and oxygen atoms in total. The Labute approximate surface area is 90.6 Å². The minimum Gasteiger partial charge on any atom is -0.481 e. The van der Waals surface area contributed by atoms with E-state index < -0.39 is 11.5 Å². The van der Waals surface area contributed by atoms with Crippen molar-refractivity contribution >= 4 is 17.7 Å². The van der Waals surface area contributed by atoms with Crippen LogP contribution in [0.15, 0.2) is 0 Å². The van der Waals surface area contributed by atoms with Gasteiger partial charge in [0.05, 0.1) is 0 Å². The molecule has 0 aromatic rings. The maximum Gasteiger partial charge on any atom is 0.441 e. The third-order valence-corrected chi connectivity index (χ3v) is 2.38. The smallest absolute Gasteiger partial charge is 0.441 e. The highest BCUT2D eigenvalue weighted by molar-refractivity contribution is 8.00. The fourth-order valence-corrected chi connectivity index (χ4v) is 1.56. The lowest BCUT2D eigenvalue weighted by molar-refractivity contribution is -0.137. The number of carboxylic acids is 1. The first kappa shape index (κ1) is 14.6. The maximum atomic E-state index is 11.7. The summed E-state index contributed by atoms with van der Waals surface area (Å²) in [6.45, 7) is 0.814. The Morgan fingerprint density at radius 2 is 2.00 bits per heavy atom. The molecule has 0 bridgehead atoms. The number of aliphatic carboxylic acids is 1. The van der Waals surface area contributed by atoms with Gasteiger partial charge >= 0.3 is 11.5 Å². The van der Waals surface area contributed by atoms with Gasteiger partial charge < -0.3 is 10.0 Å². The number of nitrogens with zero attached hydrogens (tertiary/aromatic N) is 1. The Bertz CT molecular complexity index is 199. The summed E-state index contributed by atoms with van der Waals surface area (Å²) in [7, 11) is 1.68. The first-order chi connectivity index (χ1) is 6.81. The summed E-state index contributed by atoms with van der Waals surface area (Å²) >= 11 is -0.0563. The SMILES string of the molecule is CN(CCCC(=O)O)CCSC(F)(F)F. The fraction of sp³-hybridized carbons (Fsp3) is 0.875. The van der Waals surface area contributed by atoms with E-state index in [0.29, 0.717) is 19.5 Å². The Hall–Kier alpha value is -0.430. The predicted octanol–water partition coefficient (Wildman–Crippen LogP) is 2.04. The van der Waals surface area contributed by atoms with Crippen LogP contribution in [0.2, 0.25) is 0 Å². The molecule has 0 aliphatic heterocycles. The zero-order valence-electron chi connectivity index (χ0n) is 8.38. The number of carboxylic acid groups (broad SMARTS) is 1. The first-order valence-electron chi connectivity index (χ1n) is 4.42. The van der Waals surface area contributed by atoms with Gasteiger partial charge in [0.15, 0.2) is 0 Å². The molecule has 0 radical (unpaired) electrons. The molecule has 0 fully saturated rings. The third-order valence-electron chi connectivity index (χ3n) is 1.67. The molecule has 0 rings (SSSR count). The summed E-state index contributed by atoms with van der Waals surface area (Å²) in [6, 6.07) is 0. The van der Waals surface area contributed by atoms with Gasteiger partial charge in [-0.1, -0.05) is 0 Å². The Morgan fingerprint density at radius 3 is 2.47 bits per heavy atom. The molecule has 15 heavy (non-hydrogen) atoms. The van der Waals surface area contributed by atoms with E-state index in [1.807, 2.05) is 0 Å². The molecule has 0 aliphatic rings. The van der Waals surface area contributed by atoms with E-state index in [9.17, 15) is 18.0 Å². The lowest BCUT2D eigenvalue weighted by atomic mass is 10.3. The van der Waals surface area contributed by atoms with Crippen molar-refractivity contribution in [3.05, 3.63) is 0 Å². The Morgan fingerprint density at radius 1 is 1.40 bits per heavy atom. The Kier molecular flexibility index (Phi) is 6.75. The number of rotatable bonds is 7. The summed E-state index contributed by atoms with van der Waals surface area (Å²) in [5, 5.41) is 8.34. The van der Waals surface area contributed by atoms with E-state index in [-0.39, 0.29) is 23.9 Å². The van der Waals surface area contributed by atoms with Crippen LogP contribution in [0.4, 0.5) is 13.2 Å². The highest BCUT2D eigenvalue weighted by atomic mass is 32.2. The van der Waals surface area contributed by atoms with Gasteiger partial charge in [-0.05, 0) is 31.8 Å². The van der Waals surface area contributed by atoms with E-state index >= 15 is 0 Å². The summed E-state index contributed by atoms with van der Waals surface area (Å²) in [4.78, 5) is 11.9. The van der Waals surface area contributed by atoms with Gasteiger partial charge in [0.25, 0.3) is 0 Å². The van der Waals surface area contributed by atoms with Gasteiger partial charge in [0.1, 0.15) is 0 Å². The van der Waals surface area contributed by atoms with Crippen LogP contribution in [0.5, 0.6) is 0 Å². The molecule has 0 unspecified atom stereocenters. The zero-order chi connectivity index (χ0) is 11.9. The predicted molar refractivity (Wildman–Crippen MR) is 52.9 cm³/mol. The number of hydrogen-bond donors (Lipinski definition) is 1.